The molecule has 2 fully saturated rings. The number of piperidine rings is 1. The van der Waals surface area contributed by atoms with Crippen LogP contribution in [0, 0.1) is 0 Å². The molecule has 2 rings (SSSR count). The van der Waals surface area contributed by atoms with Gasteiger partial charge in [0.15, 0.2) is 0 Å². The normalized spacial score (nSPS) is 33.4. The molecule has 0 N–H and O–H groups in total. The van der Waals surface area contributed by atoms with Gasteiger partial charge in [-0.3, -0.25) is 4.79 Å². The molecule has 0 saturated carbocycles. The summed E-state index contributed by atoms with van der Waals surface area (Å²) in [6, 6.07) is -0.291. The summed E-state index contributed by atoms with van der Waals surface area (Å²) in [6.45, 7) is 2.16. The van der Waals surface area contributed by atoms with E-state index in [-0.39, 0.29) is 24.0 Å². The molecule has 2 heterocycles. The third kappa shape index (κ3) is 0.983. The van der Waals surface area contributed by atoms with Gasteiger partial charge < -0.3 is 9.64 Å². The van der Waals surface area contributed by atoms with E-state index in [4.69, 9.17) is 4.74 Å². The van der Waals surface area contributed by atoms with Gasteiger partial charge in [0, 0.05) is 26.3 Å². The van der Waals surface area contributed by atoms with Crippen molar-refractivity contribution < 1.29 is 14.3 Å². The van der Waals surface area contributed by atoms with E-state index >= 15 is 0 Å². The van der Waals surface area contributed by atoms with Crippen LogP contribution in [-0.2, 0) is 14.3 Å². The molecule has 12 heavy (non-hydrogen) atoms. The minimum absolute atomic E-state index is 0.0303. The Labute approximate surface area is 70.5 Å². The molecule has 0 unspecified atom stereocenters. The molecule has 4 nitrogen and oxygen atoms in total. The van der Waals surface area contributed by atoms with Crippen molar-refractivity contribution in [2.45, 2.75) is 31.9 Å². The number of amides is 1. The highest BCUT2D eigenvalue weighted by Gasteiger charge is 2.43. The van der Waals surface area contributed by atoms with Crippen LogP contribution in [0.1, 0.15) is 19.8 Å². The van der Waals surface area contributed by atoms with Crippen molar-refractivity contribution in [3.05, 3.63) is 0 Å². The minimum atomic E-state index is -0.291. The Balaban J connectivity index is 2.18. The highest BCUT2D eigenvalue weighted by atomic mass is 16.6. The first-order valence-corrected chi connectivity index (χ1v) is 4.16. The molecule has 4 heteroatoms. The summed E-state index contributed by atoms with van der Waals surface area (Å²) in [5.41, 5.74) is 0. The van der Waals surface area contributed by atoms with Gasteiger partial charge in [-0.05, 0) is 0 Å². The van der Waals surface area contributed by atoms with Crippen LogP contribution in [0.4, 0.5) is 0 Å². The zero-order valence-electron chi connectivity index (χ0n) is 6.95. The predicted octanol–water partition coefficient (Wildman–Crippen LogP) is -0.0773. The second-order valence-corrected chi connectivity index (χ2v) is 3.31. The van der Waals surface area contributed by atoms with E-state index in [1.54, 1.807) is 4.90 Å². The molecule has 0 aliphatic carbocycles. The molecule has 1 amide bonds. The molecular formula is C8H11NO3. The van der Waals surface area contributed by atoms with Gasteiger partial charge in [0.05, 0.1) is 0 Å². The number of rotatable bonds is 0. The molecular weight excluding hydrogens is 158 g/mol. The third-order valence-corrected chi connectivity index (χ3v) is 2.51. The first-order chi connectivity index (χ1) is 5.68. The van der Waals surface area contributed by atoms with E-state index in [2.05, 4.69) is 0 Å². The van der Waals surface area contributed by atoms with Gasteiger partial charge in [-0.15, -0.1) is 0 Å². The molecule has 0 aromatic heterocycles. The van der Waals surface area contributed by atoms with Crippen molar-refractivity contribution >= 4 is 11.9 Å². The summed E-state index contributed by atoms with van der Waals surface area (Å²) < 4.78 is 5.03. The number of carbonyl (C=O) groups is 2. The summed E-state index contributed by atoms with van der Waals surface area (Å²) in [6.07, 6.45) is 1.55. The molecule has 2 saturated heterocycles. The zero-order chi connectivity index (χ0) is 8.72. The van der Waals surface area contributed by atoms with Crippen molar-refractivity contribution in [3.8, 4) is 0 Å². The number of hydrogen-bond donors (Lipinski definition) is 0. The molecule has 0 radical (unpaired) electrons. The fourth-order valence-electron chi connectivity index (χ4n) is 1.88. The van der Waals surface area contributed by atoms with Gasteiger partial charge in [-0.1, -0.05) is 0 Å². The molecule has 0 aromatic rings. The van der Waals surface area contributed by atoms with Gasteiger partial charge in [0.25, 0.3) is 0 Å². The van der Waals surface area contributed by atoms with Gasteiger partial charge >= 0.3 is 5.97 Å². The Bertz CT molecular complexity index is 238. The first-order valence-electron chi connectivity index (χ1n) is 4.16. The van der Waals surface area contributed by atoms with Crippen LogP contribution in [0.3, 0.4) is 0 Å². The molecule has 0 aromatic carbocycles. The molecule has 2 bridgehead atoms. The second kappa shape index (κ2) is 2.47. The second-order valence-electron chi connectivity index (χ2n) is 3.31. The summed E-state index contributed by atoms with van der Waals surface area (Å²) in [4.78, 5) is 23.8. The topological polar surface area (TPSA) is 46.6 Å². The maximum atomic E-state index is 11.2. The smallest absolute Gasteiger partial charge is 0.329 e. The fourth-order valence-corrected chi connectivity index (χ4v) is 1.88. The largest absolute Gasteiger partial charge is 0.461 e. The van der Waals surface area contributed by atoms with Crippen LogP contribution < -0.4 is 0 Å². The van der Waals surface area contributed by atoms with E-state index in [0.717, 1.165) is 6.42 Å². The van der Waals surface area contributed by atoms with Crippen molar-refractivity contribution in [1.82, 2.24) is 4.90 Å². The standard InChI is InChI=1S/C8H11NO3/c1-5(10)9-3-2-6-4-7(9)8(11)12-6/h6-7H,2-4H2,1H3/t6-,7+/m0/s1. The monoisotopic (exact) mass is 169 g/mol. The van der Waals surface area contributed by atoms with Crippen molar-refractivity contribution in [2.24, 2.45) is 0 Å². The molecule has 2 atom stereocenters. The summed E-state index contributed by atoms with van der Waals surface area (Å²) >= 11 is 0. The lowest BCUT2D eigenvalue weighted by atomic mass is 10.0. The quantitative estimate of drug-likeness (QED) is 0.476. The predicted molar refractivity (Wildman–Crippen MR) is 40.3 cm³/mol. The van der Waals surface area contributed by atoms with Gasteiger partial charge in [0.2, 0.25) is 5.91 Å². The average Bonchev–Trinajstić information content (AvgIpc) is 2.28. The van der Waals surface area contributed by atoms with E-state index < -0.39 is 0 Å². The lowest BCUT2D eigenvalue weighted by Gasteiger charge is -2.28. The zero-order valence-corrected chi connectivity index (χ0v) is 6.95. The fraction of sp³-hybridized carbons (Fsp3) is 0.750. The van der Waals surface area contributed by atoms with Crippen LogP contribution in [0.15, 0.2) is 0 Å². The maximum Gasteiger partial charge on any atom is 0.329 e. The number of nitrogens with zero attached hydrogens (tertiary/aromatic N) is 1. The van der Waals surface area contributed by atoms with Crippen molar-refractivity contribution in [3.63, 3.8) is 0 Å². The average molecular weight is 169 g/mol. The maximum absolute atomic E-state index is 11.2. The van der Waals surface area contributed by atoms with Crippen LogP contribution in [0.25, 0.3) is 0 Å². The lowest BCUT2D eigenvalue weighted by molar-refractivity contribution is -0.146. The van der Waals surface area contributed by atoms with E-state index in [1.807, 2.05) is 0 Å². The summed E-state index contributed by atoms with van der Waals surface area (Å²) in [5, 5.41) is 0. The Kier molecular flexibility index (Phi) is 1.56. The number of esters is 1. The van der Waals surface area contributed by atoms with Gasteiger partial charge in [-0.25, -0.2) is 4.79 Å². The lowest BCUT2D eigenvalue weighted by Crippen LogP contribution is -2.44. The SMILES string of the molecule is CC(=O)N1CC[C@H]2C[C@@H]1C(=O)O2. The van der Waals surface area contributed by atoms with E-state index in [0.29, 0.717) is 13.0 Å². The van der Waals surface area contributed by atoms with Gasteiger partial charge in [-0.2, -0.15) is 0 Å². The van der Waals surface area contributed by atoms with E-state index in [9.17, 15) is 9.59 Å². The highest BCUT2D eigenvalue weighted by Crippen LogP contribution is 2.27. The molecule has 2 aliphatic rings. The Morgan fingerprint density at radius 2 is 2.42 bits per heavy atom. The number of likely N-dealkylation sites (tertiary alicyclic amines) is 1. The van der Waals surface area contributed by atoms with Crippen LogP contribution in [0.2, 0.25) is 0 Å². The van der Waals surface area contributed by atoms with Crippen LogP contribution in [-0.4, -0.2) is 35.5 Å². The Morgan fingerprint density at radius 1 is 1.67 bits per heavy atom. The first kappa shape index (κ1) is 7.58. The molecule has 66 valence electrons. The highest BCUT2D eigenvalue weighted by molar-refractivity contribution is 5.85. The van der Waals surface area contributed by atoms with Crippen LogP contribution >= 0.6 is 0 Å². The van der Waals surface area contributed by atoms with Crippen molar-refractivity contribution in [1.29, 1.82) is 0 Å². The Hall–Kier alpha value is -1.06. The number of hydrogen-bond acceptors (Lipinski definition) is 3. The number of ether oxygens (including phenoxy) is 1. The van der Waals surface area contributed by atoms with Crippen molar-refractivity contribution in [2.75, 3.05) is 6.54 Å². The number of fused-ring (bicyclic) bond motifs is 2. The van der Waals surface area contributed by atoms with E-state index in [1.165, 1.54) is 6.92 Å². The van der Waals surface area contributed by atoms with Crippen LogP contribution in [0.5, 0.6) is 0 Å². The summed E-state index contributed by atoms with van der Waals surface area (Å²) in [5.74, 6) is -0.259. The minimum Gasteiger partial charge on any atom is -0.461 e. The third-order valence-electron chi connectivity index (χ3n) is 2.51. The molecule has 2 aliphatic heterocycles. The Morgan fingerprint density at radius 3 is 3.08 bits per heavy atom. The van der Waals surface area contributed by atoms with Gasteiger partial charge in [0.1, 0.15) is 12.1 Å². The summed E-state index contributed by atoms with van der Waals surface area (Å²) in [7, 11) is 0. The molecule has 0 spiro atoms. The number of carbonyl (C=O) groups excluding carboxylic acids is 2.